The van der Waals surface area contributed by atoms with Crippen molar-refractivity contribution < 1.29 is 17.9 Å². The highest BCUT2D eigenvalue weighted by atomic mass is 19.4. The number of alkyl halides is 3. The molecule has 0 radical (unpaired) electrons. The van der Waals surface area contributed by atoms with Crippen LogP contribution in [0.5, 0.6) is 5.75 Å². The van der Waals surface area contributed by atoms with E-state index < -0.39 is 11.7 Å². The van der Waals surface area contributed by atoms with Crippen molar-refractivity contribution in [2.75, 3.05) is 5.73 Å². The Balaban J connectivity index is 2.08. The van der Waals surface area contributed by atoms with E-state index in [2.05, 4.69) is 0 Å². The van der Waals surface area contributed by atoms with Gasteiger partial charge in [-0.2, -0.15) is 13.2 Å². The van der Waals surface area contributed by atoms with E-state index >= 15 is 0 Å². The monoisotopic (exact) mass is 295 g/mol. The van der Waals surface area contributed by atoms with Gasteiger partial charge in [-0.1, -0.05) is 18.2 Å². The second-order valence-electron chi connectivity index (χ2n) is 4.96. The molecule has 2 aromatic rings. The second kappa shape index (κ2) is 5.68. The number of hydrogen-bond acceptors (Lipinski definition) is 2. The molecule has 0 aliphatic carbocycles. The summed E-state index contributed by atoms with van der Waals surface area (Å²) >= 11 is 0. The van der Waals surface area contributed by atoms with Crippen LogP contribution in [0.3, 0.4) is 0 Å². The van der Waals surface area contributed by atoms with Gasteiger partial charge in [0.25, 0.3) is 0 Å². The molecule has 0 atom stereocenters. The predicted molar refractivity (Wildman–Crippen MR) is 76.1 cm³/mol. The highest BCUT2D eigenvalue weighted by Crippen LogP contribution is 2.29. The Labute approximate surface area is 121 Å². The molecule has 0 fully saturated rings. The molecule has 0 saturated carbocycles. The van der Waals surface area contributed by atoms with Crippen LogP contribution in [0.25, 0.3) is 0 Å². The summed E-state index contributed by atoms with van der Waals surface area (Å²) in [6, 6.07) is 8.57. The van der Waals surface area contributed by atoms with E-state index in [4.69, 9.17) is 10.5 Å². The van der Waals surface area contributed by atoms with Gasteiger partial charge in [0.2, 0.25) is 0 Å². The average Bonchev–Trinajstić information content (AvgIpc) is 2.41. The maximum Gasteiger partial charge on any atom is 0.416 e. The maximum absolute atomic E-state index is 12.5. The average molecular weight is 295 g/mol. The fraction of sp³-hybridized carbons (Fsp3) is 0.250. The van der Waals surface area contributed by atoms with Crippen LogP contribution < -0.4 is 10.5 Å². The number of hydrogen-bond donors (Lipinski definition) is 1. The first kappa shape index (κ1) is 15.2. The Hall–Kier alpha value is -2.17. The van der Waals surface area contributed by atoms with Crippen LogP contribution in [-0.4, -0.2) is 0 Å². The minimum Gasteiger partial charge on any atom is -0.489 e. The molecular weight excluding hydrogens is 279 g/mol. The van der Waals surface area contributed by atoms with Crippen LogP contribution in [0.1, 0.15) is 22.3 Å². The van der Waals surface area contributed by atoms with Gasteiger partial charge in [0.1, 0.15) is 12.4 Å². The molecule has 2 rings (SSSR count). The number of rotatable bonds is 3. The molecule has 0 amide bonds. The van der Waals surface area contributed by atoms with E-state index in [9.17, 15) is 13.2 Å². The summed E-state index contributed by atoms with van der Waals surface area (Å²) < 4.78 is 43.0. The van der Waals surface area contributed by atoms with Crippen LogP contribution in [0.15, 0.2) is 36.4 Å². The van der Waals surface area contributed by atoms with Crippen molar-refractivity contribution in [2.45, 2.75) is 26.6 Å². The molecule has 21 heavy (non-hydrogen) atoms. The van der Waals surface area contributed by atoms with Crippen molar-refractivity contribution >= 4 is 5.69 Å². The third kappa shape index (κ3) is 3.68. The fourth-order valence-corrected chi connectivity index (χ4v) is 1.95. The van der Waals surface area contributed by atoms with Crippen molar-refractivity contribution in [3.05, 3.63) is 58.7 Å². The number of benzene rings is 2. The molecule has 2 nitrogen and oxygen atoms in total. The number of aryl methyl sites for hydroxylation is 2. The smallest absolute Gasteiger partial charge is 0.416 e. The van der Waals surface area contributed by atoms with E-state index in [0.717, 1.165) is 23.3 Å². The molecular formula is C16H16F3NO. The van der Waals surface area contributed by atoms with Crippen molar-refractivity contribution in [3.8, 4) is 5.75 Å². The number of nitrogens with two attached hydrogens (primary N) is 1. The summed E-state index contributed by atoms with van der Waals surface area (Å²) in [5.74, 6) is 0.637. The lowest BCUT2D eigenvalue weighted by molar-refractivity contribution is -0.137. The fourth-order valence-electron chi connectivity index (χ4n) is 1.95. The van der Waals surface area contributed by atoms with Gasteiger partial charge in [-0.15, -0.1) is 0 Å². The summed E-state index contributed by atoms with van der Waals surface area (Å²) in [5, 5.41) is 0. The molecule has 5 heteroatoms. The Morgan fingerprint density at radius 1 is 1.00 bits per heavy atom. The van der Waals surface area contributed by atoms with E-state index in [1.807, 2.05) is 19.9 Å². The highest BCUT2D eigenvalue weighted by Gasteiger charge is 2.29. The zero-order valence-corrected chi connectivity index (χ0v) is 11.8. The Kier molecular flexibility index (Phi) is 4.11. The molecule has 0 bridgehead atoms. The standard InChI is InChI=1S/C16H16F3NO/c1-10-7-11(2)15(8-14(10)20)21-9-12-3-5-13(6-4-12)16(17,18)19/h3-8H,9,20H2,1-2H3. The zero-order chi connectivity index (χ0) is 15.6. The van der Waals surface area contributed by atoms with Crippen molar-refractivity contribution in [3.63, 3.8) is 0 Å². The first-order valence-electron chi connectivity index (χ1n) is 6.43. The largest absolute Gasteiger partial charge is 0.489 e. The second-order valence-corrected chi connectivity index (χ2v) is 4.96. The first-order valence-corrected chi connectivity index (χ1v) is 6.43. The van der Waals surface area contributed by atoms with E-state index in [1.165, 1.54) is 12.1 Å². The van der Waals surface area contributed by atoms with Crippen LogP contribution >= 0.6 is 0 Å². The van der Waals surface area contributed by atoms with Gasteiger partial charge < -0.3 is 10.5 Å². The van der Waals surface area contributed by atoms with E-state index in [1.54, 1.807) is 6.07 Å². The van der Waals surface area contributed by atoms with Gasteiger partial charge in [-0.3, -0.25) is 0 Å². The lowest BCUT2D eigenvalue weighted by atomic mass is 10.1. The summed E-state index contributed by atoms with van der Waals surface area (Å²) in [6.07, 6.45) is -4.32. The number of anilines is 1. The van der Waals surface area contributed by atoms with Gasteiger partial charge in [0.05, 0.1) is 5.56 Å². The third-order valence-corrected chi connectivity index (χ3v) is 3.24. The quantitative estimate of drug-likeness (QED) is 0.847. The van der Waals surface area contributed by atoms with Crippen LogP contribution in [-0.2, 0) is 12.8 Å². The molecule has 0 aliphatic rings. The van der Waals surface area contributed by atoms with Crippen molar-refractivity contribution in [1.29, 1.82) is 0 Å². The molecule has 0 saturated heterocycles. The molecule has 0 aliphatic heterocycles. The predicted octanol–water partition coefficient (Wildman–Crippen LogP) is 4.48. The lowest BCUT2D eigenvalue weighted by Crippen LogP contribution is -2.05. The molecule has 2 aromatic carbocycles. The summed E-state index contributed by atoms with van der Waals surface area (Å²) in [4.78, 5) is 0. The molecule has 2 N–H and O–H groups in total. The summed E-state index contributed by atoms with van der Waals surface area (Å²) in [5.41, 5.74) is 8.36. The summed E-state index contributed by atoms with van der Waals surface area (Å²) in [6.45, 7) is 4.00. The van der Waals surface area contributed by atoms with Crippen molar-refractivity contribution in [1.82, 2.24) is 0 Å². The SMILES string of the molecule is Cc1cc(C)c(OCc2ccc(C(F)(F)F)cc2)cc1N. The topological polar surface area (TPSA) is 35.2 Å². The highest BCUT2D eigenvalue weighted by molar-refractivity contribution is 5.54. The zero-order valence-electron chi connectivity index (χ0n) is 11.8. The molecule has 0 spiro atoms. The van der Waals surface area contributed by atoms with Gasteiger partial charge in [0, 0.05) is 11.8 Å². The van der Waals surface area contributed by atoms with Gasteiger partial charge >= 0.3 is 6.18 Å². The Bertz CT molecular complexity index is 633. The van der Waals surface area contributed by atoms with Crippen molar-refractivity contribution in [2.24, 2.45) is 0 Å². The van der Waals surface area contributed by atoms with Gasteiger partial charge in [-0.05, 0) is 42.7 Å². The summed E-state index contributed by atoms with van der Waals surface area (Å²) in [7, 11) is 0. The first-order chi connectivity index (χ1) is 9.77. The number of halogens is 3. The maximum atomic E-state index is 12.5. The van der Waals surface area contributed by atoms with Crippen LogP contribution in [0, 0.1) is 13.8 Å². The number of nitrogen functional groups attached to an aromatic ring is 1. The minimum absolute atomic E-state index is 0.196. The van der Waals surface area contributed by atoms with Crippen LogP contribution in [0.2, 0.25) is 0 Å². The van der Waals surface area contributed by atoms with E-state index in [-0.39, 0.29) is 6.61 Å². The van der Waals surface area contributed by atoms with E-state index in [0.29, 0.717) is 17.0 Å². The normalized spacial score (nSPS) is 11.5. The molecule has 0 aromatic heterocycles. The molecule has 112 valence electrons. The van der Waals surface area contributed by atoms with Crippen LogP contribution in [0.4, 0.5) is 18.9 Å². The Morgan fingerprint density at radius 2 is 1.62 bits per heavy atom. The lowest BCUT2D eigenvalue weighted by Gasteiger charge is -2.12. The number of ether oxygens (including phenoxy) is 1. The molecule has 0 unspecified atom stereocenters. The van der Waals surface area contributed by atoms with Gasteiger partial charge in [-0.25, -0.2) is 0 Å². The third-order valence-electron chi connectivity index (χ3n) is 3.24. The van der Waals surface area contributed by atoms with Gasteiger partial charge in [0.15, 0.2) is 0 Å². The molecule has 0 heterocycles. The Morgan fingerprint density at radius 3 is 2.19 bits per heavy atom. The minimum atomic E-state index is -4.32.